The number of nitrogens with zero attached hydrogens (tertiary/aromatic N) is 2. The molecule has 0 bridgehead atoms. The zero-order valence-electron chi connectivity index (χ0n) is 16.2. The van der Waals surface area contributed by atoms with E-state index < -0.39 is 0 Å². The molecule has 2 amide bonds. The number of amides is 2. The van der Waals surface area contributed by atoms with Crippen LogP contribution in [0.1, 0.15) is 43.0 Å². The largest absolute Gasteiger partial charge is 0.352 e. The Morgan fingerprint density at radius 1 is 1.27 bits per heavy atom. The van der Waals surface area contributed by atoms with E-state index in [1.165, 1.54) is 37.6 Å². The van der Waals surface area contributed by atoms with Crippen molar-refractivity contribution in [3.05, 3.63) is 29.8 Å². The number of carbonyl (C=O) groups is 2. The van der Waals surface area contributed by atoms with Gasteiger partial charge in [0.25, 0.3) is 5.91 Å². The number of piperidine rings is 1. The SMILES string of the molecule is C[C@@H]1CCCCN1CCCNC(=O)c1ccccc1SCC(=O)N(C)C. The summed E-state index contributed by atoms with van der Waals surface area (Å²) < 4.78 is 0. The van der Waals surface area contributed by atoms with E-state index in [4.69, 9.17) is 0 Å². The molecule has 1 atom stereocenters. The Balaban J connectivity index is 1.80. The normalized spacial score (nSPS) is 17.7. The lowest BCUT2D eigenvalue weighted by Gasteiger charge is -2.33. The first kappa shape index (κ1) is 20.8. The zero-order chi connectivity index (χ0) is 18.9. The summed E-state index contributed by atoms with van der Waals surface area (Å²) in [6, 6.07) is 8.15. The van der Waals surface area contributed by atoms with Crippen molar-refractivity contribution in [1.82, 2.24) is 15.1 Å². The predicted molar refractivity (Wildman–Crippen MR) is 108 cm³/mol. The van der Waals surface area contributed by atoms with Gasteiger partial charge in [0.15, 0.2) is 0 Å². The number of benzene rings is 1. The summed E-state index contributed by atoms with van der Waals surface area (Å²) in [4.78, 5) is 29.2. The van der Waals surface area contributed by atoms with Gasteiger partial charge in [-0.2, -0.15) is 0 Å². The molecule has 26 heavy (non-hydrogen) atoms. The molecule has 1 aromatic carbocycles. The average molecular weight is 378 g/mol. The third-order valence-electron chi connectivity index (χ3n) is 4.83. The van der Waals surface area contributed by atoms with E-state index in [-0.39, 0.29) is 11.8 Å². The minimum Gasteiger partial charge on any atom is -0.352 e. The van der Waals surface area contributed by atoms with Crippen molar-refractivity contribution in [3.63, 3.8) is 0 Å². The highest BCUT2D eigenvalue weighted by Gasteiger charge is 2.17. The molecule has 5 nitrogen and oxygen atoms in total. The quantitative estimate of drug-likeness (QED) is 0.559. The Bertz CT molecular complexity index is 606. The van der Waals surface area contributed by atoms with Crippen LogP contribution in [0.15, 0.2) is 29.2 Å². The molecule has 0 unspecified atom stereocenters. The molecule has 0 saturated carbocycles. The second-order valence-electron chi connectivity index (χ2n) is 7.06. The summed E-state index contributed by atoms with van der Waals surface area (Å²) in [5, 5.41) is 3.03. The topological polar surface area (TPSA) is 52.7 Å². The Hall–Kier alpha value is -1.53. The summed E-state index contributed by atoms with van der Waals surface area (Å²) in [5.74, 6) is 0.322. The van der Waals surface area contributed by atoms with Gasteiger partial charge in [-0.15, -0.1) is 11.8 Å². The minimum atomic E-state index is -0.0582. The lowest BCUT2D eigenvalue weighted by Crippen LogP contribution is -2.39. The first-order valence-electron chi connectivity index (χ1n) is 9.43. The van der Waals surface area contributed by atoms with Crippen molar-refractivity contribution in [2.24, 2.45) is 0 Å². The van der Waals surface area contributed by atoms with Gasteiger partial charge in [-0.05, 0) is 44.9 Å². The van der Waals surface area contributed by atoms with E-state index in [9.17, 15) is 9.59 Å². The van der Waals surface area contributed by atoms with E-state index in [0.717, 1.165) is 17.9 Å². The minimum absolute atomic E-state index is 0.0425. The third-order valence-corrected chi connectivity index (χ3v) is 5.89. The molecule has 1 N–H and O–H groups in total. The number of thioether (sulfide) groups is 1. The maximum absolute atomic E-state index is 12.5. The first-order valence-corrected chi connectivity index (χ1v) is 10.4. The molecule has 1 aliphatic heterocycles. The van der Waals surface area contributed by atoms with Gasteiger partial charge in [0.05, 0.1) is 11.3 Å². The molecule has 144 valence electrons. The van der Waals surface area contributed by atoms with Crippen LogP contribution in [0.25, 0.3) is 0 Å². The standard InChI is InChI=1S/C20H31N3O2S/c1-16-9-6-7-13-23(16)14-8-12-21-20(25)17-10-4-5-11-18(17)26-15-19(24)22(2)3/h4-5,10-11,16H,6-9,12-15H2,1-3H3,(H,21,25)/t16-/m1/s1. The molecule has 1 heterocycles. The predicted octanol–water partition coefficient (Wildman–Crippen LogP) is 2.86. The molecule has 0 aromatic heterocycles. The number of nitrogens with one attached hydrogen (secondary N) is 1. The van der Waals surface area contributed by atoms with Gasteiger partial charge in [-0.3, -0.25) is 9.59 Å². The Kier molecular flexibility index (Phi) is 8.45. The molecule has 1 aromatic rings. The molecule has 1 saturated heterocycles. The fourth-order valence-electron chi connectivity index (χ4n) is 3.12. The van der Waals surface area contributed by atoms with E-state index in [1.54, 1.807) is 19.0 Å². The number of rotatable bonds is 8. The Morgan fingerprint density at radius 3 is 2.77 bits per heavy atom. The van der Waals surface area contributed by atoms with Crippen LogP contribution in [-0.4, -0.2) is 67.1 Å². The maximum Gasteiger partial charge on any atom is 0.252 e. The number of hydrogen-bond donors (Lipinski definition) is 1. The van der Waals surface area contributed by atoms with E-state index in [2.05, 4.69) is 17.1 Å². The molecule has 0 aliphatic carbocycles. The van der Waals surface area contributed by atoms with Gasteiger partial charge in [-0.25, -0.2) is 0 Å². The van der Waals surface area contributed by atoms with E-state index >= 15 is 0 Å². The van der Waals surface area contributed by atoms with Gasteiger partial charge in [0.2, 0.25) is 5.91 Å². The van der Waals surface area contributed by atoms with Crippen LogP contribution in [0.5, 0.6) is 0 Å². The monoisotopic (exact) mass is 377 g/mol. The second kappa shape index (κ2) is 10.6. The number of hydrogen-bond acceptors (Lipinski definition) is 4. The number of likely N-dealkylation sites (tertiary alicyclic amines) is 1. The van der Waals surface area contributed by atoms with Crippen LogP contribution in [0.2, 0.25) is 0 Å². The molecule has 2 rings (SSSR count). The average Bonchev–Trinajstić information content (AvgIpc) is 2.64. The van der Waals surface area contributed by atoms with Gasteiger partial charge in [0.1, 0.15) is 0 Å². The fourth-order valence-corrected chi connectivity index (χ4v) is 4.15. The highest BCUT2D eigenvalue weighted by molar-refractivity contribution is 8.00. The van der Waals surface area contributed by atoms with Gasteiger partial charge in [0, 0.05) is 38.1 Å². The Morgan fingerprint density at radius 2 is 2.04 bits per heavy atom. The van der Waals surface area contributed by atoms with Crippen LogP contribution in [0.3, 0.4) is 0 Å². The van der Waals surface area contributed by atoms with Crippen molar-refractivity contribution in [3.8, 4) is 0 Å². The Labute approximate surface area is 161 Å². The van der Waals surface area contributed by atoms with Crippen molar-refractivity contribution >= 4 is 23.6 Å². The van der Waals surface area contributed by atoms with E-state index in [0.29, 0.717) is 23.9 Å². The third kappa shape index (κ3) is 6.32. The van der Waals surface area contributed by atoms with Gasteiger partial charge < -0.3 is 15.1 Å². The summed E-state index contributed by atoms with van der Waals surface area (Å²) in [6.07, 6.45) is 4.86. The molecule has 1 fully saturated rings. The van der Waals surface area contributed by atoms with Crippen LogP contribution < -0.4 is 5.32 Å². The summed E-state index contributed by atoms with van der Waals surface area (Å²) in [5.41, 5.74) is 0.649. The maximum atomic E-state index is 12.5. The van der Waals surface area contributed by atoms with Crippen LogP contribution in [0.4, 0.5) is 0 Å². The highest BCUT2D eigenvalue weighted by Crippen LogP contribution is 2.23. The lowest BCUT2D eigenvalue weighted by molar-refractivity contribution is -0.125. The van der Waals surface area contributed by atoms with Crippen molar-refractivity contribution in [1.29, 1.82) is 0 Å². The second-order valence-corrected chi connectivity index (χ2v) is 8.08. The summed E-state index contributed by atoms with van der Waals surface area (Å²) in [7, 11) is 3.48. The van der Waals surface area contributed by atoms with Crippen molar-refractivity contribution in [2.75, 3.05) is 39.5 Å². The van der Waals surface area contributed by atoms with Gasteiger partial charge in [-0.1, -0.05) is 18.6 Å². The van der Waals surface area contributed by atoms with Crippen LogP contribution >= 0.6 is 11.8 Å². The number of carbonyl (C=O) groups excluding carboxylic acids is 2. The van der Waals surface area contributed by atoms with E-state index in [1.807, 2.05) is 24.3 Å². The molecule has 6 heteroatoms. The molecule has 0 spiro atoms. The van der Waals surface area contributed by atoms with Crippen LogP contribution in [0, 0.1) is 0 Å². The van der Waals surface area contributed by atoms with Crippen molar-refractivity contribution < 1.29 is 9.59 Å². The summed E-state index contributed by atoms with van der Waals surface area (Å²) in [6.45, 7) is 5.18. The smallest absolute Gasteiger partial charge is 0.252 e. The molecule has 0 radical (unpaired) electrons. The molecule has 1 aliphatic rings. The lowest BCUT2D eigenvalue weighted by atomic mass is 10.0. The summed E-state index contributed by atoms with van der Waals surface area (Å²) >= 11 is 1.41. The van der Waals surface area contributed by atoms with Crippen LogP contribution in [-0.2, 0) is 4.79 Å². The highest BCUT2D eigenvalue weighted by atomic mass is 32.2. The molecular formula is C20H31N3O2S. The first-order chi connectivity index (χ1) is 12.5. The zero-order valence-corrected chi connectivity index (χ0v) is 17.0. The fraction of sp³-hybridized carbons (Fsp3) is 0.600. The van der Waals surface area contributed by atoms with Gasteiger partial charge >= 0.3 is 0 Å². The molecular weight excluding hydrogens is 346 g/mol. The van der Waals surface area contributed by atoms with Crippen molar-refractivity contribution in [2.45, 2.75) is 43.5 Å².